The molecule has 0 aromatic heterocycles. The molecule has 0 atom stereocenters. The van der Waals surface area contributed by atoms with Gasteiger partial charge in [0.05, 0.1) is 19.8 Å². The number of para-hydroxylation sites is 1. The van der Waals surface area contributed by atoms with Gasteiger partial charge in [-0.2, -0.15) is 13.2 Å². The molecule has 6 nitrogen and oxygen atoms in total. The number of halogens is 3. The average molecular weight is 451 g/mol. The fraction of sp³-hybridized carbons (Fsp3) is 0.435. The van der Waals surface area contributed by atoms with Gasteiger partial charge in [-0.05, 0) is 36.2 Å². The van der Waals surface area contributed by atoms with Gasteiger partial charge in [0.25, 0.3) is 0 Å². The van der Waals surface area contributed by atoms with Crippen molar-refractivity contribution in [2.45, 2.75) is 19.2 Å². The van der Waals surface area contributed by atoms with E-state index in [-0.39, 0.29) is 19.1 Å². The van der Waals surface area contributed by atoms with Gasteiger partial charge in [-0.25, -0.2) is 4.79 Å². The van der Waals surface area contributed by atoms with E-state index in [1.54, 1.807) is 11.0 Å². The molecule has 0 radical (unpaired) electrons. The van der Waals surface area contributed by atoms with Crippen LogP contribution in [0, 0.1) is 0 Å². The molecule has 0 spiro atoms. The number of carbonyl (C=O) groups excluding carboxylic acids is 1. The third-order valence-electron chi connectivity index (χ3n) is 4.97. The minimum Gasteiger partial charge on any atom is -0.491 e. The predicted molar refractivity (Wildman–Crippen MR) is 116 cm³/mol. The number of hydrogen-bond donors (Lipinski definition) is 1. The van der Waals surface area contributed by atoms with Crippen LogP contribution in [0.2, 0.25) is 0 Å². The molecule has 2 amide bonds. The SMILES string of the molecule is O=C(Nc1cccc(COCCOc2ccccc2)c1)N1CCCN(CC(F)(F)F)CC1. The standard InChI is InChI=1S/C23H28F3N3O3/c24-23(25,26)18-28-10-5-11-29(13-12-28)22(30)27-20-7-4-6-19(16-20)17-31-14-15-32-21-8-2-1-3-9-21/h1-4,6-9,16H,5,10-15,17-18H2,(H,27,30). The maximum Gasteiger partial charge on any atom is 0.401 e. The summed E-state index contributed by atoms with van der Waals surface area (Å²) in [5.41, 5.74) is 1.52. The number of rotatable bonds is 8. The van der Waals surface area contributed by atoms with E-state index in [0.29, 0.717) is 45.0 Å². The summed E-state index contributed by atoms with van der Waals surface area (Å²) in [5, 5.41) is 2.83. The second-order valence-corrected chi connectivity index (χ2v) is 7.58. The van der Waals surface area contributed by atoms with E-state index < -0.39 is 12.7 Å². The molecule has 1 heterocycles. The van der Waals surface area contributed by atoms with Gasteiger partial charge < -0.3 is 19.7 Å². The van der Waals surface area contributed by atoms with E-state index in [9.17, 15) is 18.0 Å². The molecular weight excluding hydrogens is 423 g/mol. The van der Waals surface area contributed by atoms with Crippen molar-refractivity contribution in [3.05, 3.63) is 60.2 Å². The lowest BCUT2D eigenvalue weighted by molar-refractivity contribution is -0.145. The number of hydrogen-bond acceptors (Lipinski definition) is 4. The van der Waals surface area contributed by atoms with Crippen molar-refractivity contribution < 1.29 is 27.4 Å². The zero-order chi connectivity index (χ0) is 22.8. The van der Waals surface area contributed by atoms with E-state index >= 15 is 0 Å². The second kappa shape index (κ2) is 11.7. The smallest absolute Gasteiger partial charge is 0.401 e. The Labute approximate surface area is 185 Å². The lowest BCUT2D eigenvalue weighted by atomic mass is 10.2. The van der Waals surface area contributed by atoms with Crippen LogP contribution in [0.4, 0.5) is 23.7 Å². The molecule has 1 N–H and O–H groups in total. The molecule has 2 aromatic rings. The third-order valence-corrected chi connectivity index (χ3v) is 4.97. The van der Waals surface area contributed by atoms with Crippen LogP contribution in [-0.4, -0.2) is 67.9 Å². The number of carbonyl (C=O) groups is 1. The monoisotopic (exact) mass is 451 g/mol. The molecule has 0 bridgehead atoms. The predicted octanol–water partition coefficient (Wildman–Crippen LogP) is 4.38. The summed E-state index contributed by atoms with van der Waals surface area (Å²) in [6, 6.07) is 16.5. The van der Waals surface area contributed by atoms with Gasteiger partial charge in [-0.3, -0.25) is 4.90 Å². The second-order valence-electron chi connectivity index (χ2n) is 7.58. The van der Waals surface area contributed by atoms with Gasteiger partial charge in [0.2, 0.25) is 0 Å². The molecule has 1 saturated heterocycles. The van der Waals surface area contributed by atoms with E-state index in [4.69, 9.17) is 9.47 Å². The minimum atomic E-state index is -4.23. The quantitative estimate of drug-likeness (QED) is 0.605. The first kappa shape index (κ1) is 23.9. The zero-order valence-electron chi connectivity index (χ0n) is 17.8. The van der Waals surface area contributed by atoms with E-state index in [1.165, 1.54) is 4.90 Å². The fourth-order valence-corrected chi connectivity index (χ4v) is 3.45. The molecule has 2 aromatic carbocycles. The van der Waals surface area contributed by atoms with E-state index in [0.717, 1.165) is 11.3 Å². The lowest BCUT2D eigenvalue weighted by Gasteiger charge is -2.23. The van der Waals surface area contributed by atoms with E-state index in [1.807, 2.05) is 48.5 Å². The number of ether oxygens (including phenoxy) is 2. The van der Waals surface area contributed by atoms with Crippen molar-refractivity contribution in [3.63, 3.8) is 0 Å². The molecule has 1 aliphatic heterocycles. The summed E-state index contributed by atoms with van der Waals surface area (Å²) in [4.78, 5) is 15.5. The molecule has 32 heavy (non-hydrogen) atoms. The molecule has 0 saturated carbocycles. The molecule has 9 heteroatoms. The largest absolute Gasteiger partial charge is 0.491 e. The Balaban J connectivity index is 1.41. The van der Waals surface area contributed by atoms with E-state index in [2.05, 4.69) is 5.32 Å². The van der Waals surface area contributed by atoms with Crippen LogP contribution < -0.4 is 10.1 Å². The summed E-state index contributed by atoms with van der Waals surface area (Å²) in [5.74, 6) is 0.788. The molecule has 0 aliphatic carbocycles. The van der Waals surface area contributed by atoms with Crippen LogP contribution in [0.3, 0.4) is 0 Å². The Morgan fingerprint density at radius 1 is 0.969 bits per heavy atom. The first-order chi connectivity index (χ1) is 15.4. The molecule has 1 fully saturated rings. The number of amides is 2. The van der Waals surface area contributed by atoms with Gasteiger partial charge >= 0.3 is 12.2 Å². The molecule has 1 aliphatic rings. The van der Waals surface area contributed by atoms with Crippen LogP contribution in [-0.2, 0) is 11.3 Å². The number of alkyl halides is 3. The maximum absolute atomic E-state index is 12.6. The summed E-state index contributed by atoms with van der Waals surface area (Å²) < 4.78 is 49.1. The van der Waals surface area contributed by atoms with Gasteiger partial charge in [-0.15, -0.1) is 0 Å². The highest BCUT2D eigenvalue weighted by molar-refractivity contribution is 5.89. The molecule has 0 unspecified atom stereocenters. The van der Waals surface area contributed by atoms with Gasteiger partial charge in [-0.1, -0.05) is 30.3 Å². The summed E-state index contributed by atoms with van der Waals surface area (Å²) in [6.45, 7) is 1.49. The molecule has 3 rings (SSSR count). The van der Waals surface area contributed by atoms with Gasteiger partial charge in [0.15, 0.2) is 0 Å². The fourth-order valence-electron chi connectivity index (χ4n) is 3.45. The highest BCUT2D eigenvalue weighted by Crippen LogP contribution is 2.18. The first-order valence-corrected chi connectivity index (χ1v) is 10.6. The Bertz CT molecular complexity index is 849. The number of benzene rings is 2. The summed E-state index contributed by atoms with van der Waals surface area (Å²) in [7, 11) is 0. The Kier molecular flexibility index (Phi) is 8.75. The Morgan fingerprint density at radius 3 is 2.56 bits per heavy atom. The summed E-state index contributed by atoms with van der Waals surface area (Å²) >= 11 is 0. The maximum atomic E-state index is 12.6. The van der Waals surface area contributed by atoms with Crippen molar-refractivity contribution in [2.24, 2.45) is 0 Å². The Morgan fingerprint density at radius 2 is 1.78 bits per heavy atom. The third kappa shape index (κ3) is 8.39. The van der Waals surface area contributed by atoms with Gasteiger partial charge in [0.1, 0.15) is 12.4 Å². The number of urea groups is 1. The number of anilines is 1. The van der Waals surface area contributed by atoms with Gasteiger partial charge in [0, 0.05) is 31.9 Å². The normalized spacial score (nSPS) is 15.3. The average Bonchev–Trinajstić information content (AvgIpc) is 2.99. The highest BCUT2D eigenvalue weighted by atomic mass is 19.4. The molecular formula is C23H28F3N3O3. The van der Waals surface area contributed by atoms with Crippen molar-refractivity contribution in [1.29, 1.82) is 0 Å². The zero-order valence-corrected chi connectivity index (χ0v) is 17.8. The molecule has 174 valence electrons. The van der Waals surface area contributed by atoms with Crippen molar-refractivity contribution in [3.8, 4) is 5.75 Å². The van der Waals surface area contributed by atoms with Crippen LogP contribution >= 0.6 is 0 Å². The van der Waals surface area contributed by atoms with Crippen LogP contribution in [0.25, 0.3) is 0 Å². The van der Waals surface area contributed by atoms with Crippen molar-refractivity contribution in [2.75, 3.05) is 51.3 Å². The first-order valence-electron chi connectivity index (χ1n) is 10.6. The topological polar surface area (TPSA) is 54.0 Å². The van der Waals surface area contributed by atoms with Crippen molar-refractivity contribution >= 4 is 11.7 Å². The summed E-state index contributed by atoms with van der Waals surface area (Å²) in [6.07, 6.45) is -3.73. The van der Waals surface area contributed by atoms with Crippen LogP contribution in [0.5, 0.6) is 5.75 Å². The number of nitrogens with one attached hydrogen (secondary N) is 1. The lowest BCUT2D eigenvalue weighted by Crippen LogP contribution is -2.40. The number of nitrogens with zero attached hydrogens (tertiary/aromatic N) is 2. The van der Waals surface area contributed by atoms with Crippen molar-refractivity contribution in [1.82, 2.24) is 9.80 Å². The minimum absolute atomic E-state index is 0.200. The Hall–Kier alpha value is -2.78. The van der Waals surface area contributed by atoms with Crippen LogP contribution in [0.15, 0.2) is 54.6 Å². The highest BCUT2D eigenvalue weighted by Gasteiger charge is 2.31. The van der Waals surface area contributed by atoms with Crippen LogP contribution in [0.1, 0.15) is 12.0 Å².